The summed E-state index contributed by atoms with van der Waals surface area (Å²) in [6, 6.07) is 10.1. The first kappa shape index (κ1) is 15.9. The van der Waals surface area contributed by atoms with E-state index in [1.807, 2.05) is 12.1 Å². The molecule has 3 rings (SSSR count). The second-order valence-electron chi connectivity index (χ2n) is 5.85. The Bertz CT molecular complexity index is 648. The van der Waals surface area contributed by atoms with Gasteiger partial charge in [-0.05, 0) is 44.0 Å². The van der Waals surface area contributed by atoms with Crippen LogP contribution in [-0.2, 0) is 16.0 Å². The van der Waals surface area contributed by atoms with Crippen molar-refractivity contribution in [3.05, 3.63) is 42.1 Å². The summed E-state index contributed by atoms with van der Waals surface area (Å²) in [5.74, 6) is -0.0447. The van der Waals surface area contributed by atoms with Crippen LogP contribution in [-0.4, -0.2) is 43.2 Å². The number of carbonyl (C=O) groups is 1. The Morgan fingerprint density at radius 1 is 1.26 bits per heavy atom. The summed E-state index contributed by atoms with van der Waals surface area (Å²) < 4.78 is 5.65. The largest absolute Gasteiger partial charge is 0.368 e. The number of carbonyl (C=O) groups excluding carboxylic acids is 1. The molecule has 5 heteroatoms. The van der Waals surface area contributed by atoms with Gasteiger partial charge in [0.1, 0.15) is 6.61 Å². The van der Waals surface area contributed by atoms with E-state index < -0.39 is 0 Å². The van der Waals surface area contributed by atoms with E-state index in [1.54, 1.807) is 6.20 Å². The van der Waals surface area contributed by atoms with Crippen molar-refractivity contribution in [3.8, 4) is 0 Å². The number of pyridine rings is 1. The molecule has 1 aliphatic rings. The summed E-state index contributed by atoms with van der Waals surface area (Å²) in [6.45, 7) is 2.70. The van der Waals surface area contributed by atoms with Crippen LogP contribution < -0.4 is 10.6 Å². The molecule has 0 saturated carbocycles. The number of benzene rings is 1. The normalized spacial score (nSPS) is 15.7. The minimum atomic E-state index is -0.0447. The lowest BCUT2D eigenvalue weighted by atomic mass is 10.1. The number of nitrogens with zero attached hydrogens (tertiary/aromatic N) is 1. The number of ether oxygens (including phenoxy) is 1. The molecule has 1 aromatic heterocycles. The Labute approximate surface area is 136 Å². The first-order chi connectivity index (χ1) is 11.3. The molecule has 0 aliphatic carbocycles. The van der Waals surface area contributed by atoms with E-state index in [2.05, 4.69) is 33.8 Å². The molecule has 1 saturated heterocycles. The molecule has 1 aliphatic heterocycles. The van der Waals surface area contributed by atoms with Crippen LogP contribution >= 0.6 is 0 Å². The third-order valence-electron chi connectivity index (χ3n) is 4.17. The van der Waals surface area contributed by atoms with Crippen molar-refractivity contribution in [2.45, 2.75) is 25.4 Å². The smallest absolute Gasteiger partial charge is 0.246 e. The highest BCUT2D eigenvalue weighted by molar-refractivity contribution is 5.81. The first-order valence-electron chi connectivity index (χ1n) is 8.24. The summed E-state index contributed by atoms with van der Waals surface area (Å²) >= 11 is 0. The van der Waals surface area contributed by atoms with Crippen molar-refractivity contribution in [1.82, 2.24) is 15.6 Å². The summed E-state index contributed by atoms with van der Waals surface area (Å²) in [5, 5.41) is 7.34. The van der Waals surface area contributed by atoms with Gasteiger partial charge in [0, 0.05) is 18.1 Å². The standard InChI is InChI=1S/C18H23N3O2/c22-17(13-23-16-7-10-19-11-8-16)20-12-6-15-4-1-3-14-5-2-9-21-18(14)15/h1-5,9,16,19H,6-8,10-13H2,(H,20,22). The van der Waals surface area contributed by atoms with E-state index in [9.17, 15) is 4.79 Å². The zero-order valence-electron chi connectivity index (χ0n) is 13.3. The van der Waals surface area contributed by atoms with Crippen LogP contribution in [0.3, 0.4) is 0 Å². The maximum absolute atomic E-state index is 11.9. The SMILES string of the molecule is O=C(COC1CCNCC1)NCCc1cccc2cccnc12. The second kappa shape index (κ2) is 8.04. The fraction of sp³-hybridized carbons (Fsp3) is 0.444. The molecule has 0 bridgehead atoms. The Morgan fingerprint density at radius 2 is 2.09 bits per heavy atom. The van der Waals surface area contributed by atoms with Crippen LogP contribution in [0.15, 0.2) is 36.5 Å². The molecular formula is C18H23N3O2. The summed E-state index contributed by atoms with van der Waals surface area (Å²) in [4.78, 5) is 16.3. The third-order valence-corrected chi connectivity index (χ3v) is 4.17. The number of aromatic nitrogens is 1. The minimum absolute atomic E-state index is 0.0447. The number of rotatable bonds is 6. The number of para-hydroxylation sites is 1. The van der Waals surface area contributed by atoms with Crippen LogP contribution in [0.5, 0.6) is 0 Å². The molecule has 1 aromatic carbocycles. The lowest BCUT2D eigenvalue weighted by Gasteiger charge is -2.22. The molecule has 2 heterocycles. The van der Waals surface area contributed by atoms with Crippen molar-refractivity contribution >= 4 is 16.8 Å². The van der Waals surface area contributed by atoms with Crippen LogP contribution in [0.4, 0.5) is 0 Å². The fourth-order valence-corrected chi connectivity index (χ4v) is 2.91. The van der Waals surface area contributed by atoms with Gasteiger partial charge in [0.15, 0.2) is 0 Å². The number of nitrogens with one attached hydrogen (secondary N) is 2. The van der Waals surface area contributed by atoms with E-state index >= 15 is 0 Å². The van der Waals surface area contributed by atoms with Crippen molar-refractivity contribution in [2.75, 3.05) is 26.2 Å². The van der Waals surface area contributed by atoms with Gasteiger partial charge in [-0.3, -0.25) is 9.78 Å². The summed E-state index contributed by atoms with van der Waals surface area (Å²) in [6.07, 6.45) is 4.75. The van der Waals surface area contributed by atoms with Gasteiger partial charge >= 0.3 is 0 Å². The lowest BCUT2D eigenvalue weighted by Crippen LogP contribution is -2.36. The molecule has 0 spiro atoms. The molecule has 2 aromatic rings. The molecular weight excluding hydrogens is 290 g/mol. The van der Waals surface area contributed by atoms with E-state index in [1.165, 1.54) is 0 Å². The van der Waals surface area contributed by atoms with E-state index in [0.29, 0.717) is 6.54 Å². The Morgan fingerprint density at radius 3 is 2.96 bits per heavy atom. The van der Waals surface area contributed by atoms with Crippen LogP contribution in [0.2, 0.25) is 0 Å². The number of fused-ring (bicyclic) bond motifs is 1. The summed E-state index contributed by atoms with van der Waals surface area (Å²) in [5.41, 5.74) is 2.16. The molecule has 122 valence electrons. The van der Waals surface area contributed by atoms with Crippen molar-refractivity contribution in [3.63, 3.8) is 0 Å². The average molecular weight is 313 g/mol. The molecule has 5 nitrogen and oxygen atoms in total. The Balaban J connectivity index is 1.44. The third kappa shape index (κ3) is 4.50. The van der Waals surface area contributed by atoms with Crippen LogP contribution in [0, 0.1) is 0 Å². The molecule has 0 radical (unpaired) electrons. The van der Waals surface area contributed by atoms with Gasteiger partial charge in [0.05, 0.1) is 11.6 Å². The number of hydrogen-bond donors (Lipinski definition) is 2. The molecule has 0 unspecified atom stereocenters. The van der Waals surface area contributed by atoms with E-state index in [4.69, 9.17) is 4.74 Å². The predicted octanol–water partition coefficient (Wildman–Crippen LogP) is 1.66. The van der Waals surface area contributed by atoms with E-state index in [-0.39, 0.29) is 18.6 Å². The number of amides is 1. The highest BCUT2D eigenvalue weighted by Gasteiger charge is 2.14. The molecule has 23 heavy (non-hydrogen) atoms. The highest BCUT2D eigenvalue weighted by Crippen LogP contribution is 2.16. The number of piperidine rings is 1. The monoisotopic (exact) mass is 313 g/mol. The fourth-order valence-electron chi connectivity index (χ4n) is 2.91. The van der Waals surface area contributed by atoms with Crippen LogP contribution in [0.25, 0.3) is 10.9 Å². The zero-order valence-corrected chi connectivity index (χ0v) is 13.3. The molecule has 1 fully saturated rings. The first-order valence-corrected chi connectivity index (χ1v) is 8.24. The lowest BCUT2D eigenvalue weighted by molar-refractivity contribution is -0.128. The van der Waals surface area contributed by atoms with Crippen molar-refractivity contribution < 1.29 is 9.53 Å². The van der Waals surface area contributed by atoms with Crippen LogP contribution in [0.1, 0.15) is 18.4 Å². The number of hydrogen-bond acceptors (Lipinski definition) is 4. The van der Waals surface area contributed by atoms with Gasteiger partial charge in [0.2, 0.25) is 5.91 Å². The Hall–Kier alpha value is -1.98. The van der Waals surface area contributed by atoms with E-state index in [0.717, 1.165) is 48.8 Å². The highest BCUT2D eigenvalue weighted by atomic mass is 16.5. The van der Waals surface area contributed by atoms with Gasteiger partial charge in [-0.2, -0.15) is 0 Å². The zero-order chi connectivity index (χ0) is 15.9. The van der Waals surface area contributed by atoms with Gasteiger partial charge in [-0.1, -0.05) is 24.3 Å². The van der Waals surface area contributed by atoms with Gasteiger partial charge in [-0.15, -0.1) is 0 Å². The predicted molar refractivity (Wildman–Crippen MR) is 90.3 cm³/mol. The summed E-state index contributed by atoms with van der Waals surface area (Å²) in [7, 11) is 0. The van der Waals surface area contributed by atoms with Gasteiger partial charge in [0.25, 0.3) is 0 Å². The minimum Gasteiger partial charge on any atom is -0.368 e. The van der Waals surface area contributed by atoms with Crippen molar-refractivity contribution in [1.29, 1.82) is 0 Å². The van der Waals surface area contributed by atoms with Gasteiger partial charge < -0.3 is 15.4 Å². The quantitative estimate of drug-likeness (QED) is 0.851. The second-order valence-corrected chi connectivity index (χ2v) is 5.85. The topological polar surface area (TPSA) is 63.2 Å². The van der Waals surface area contributed by atoms with Crippen molar-refractivity contribution in [2.24, 2.45) is 0 Å². The maximum atomic E-state index is 11.9. The molecule has 2 N–H and O–H groups in total. The molecule has 0 atom stereocenters. The van der Waals surface area contributed by atoms with Gasteiger partial charge in [-0.25, -0.2) is 0 Å². The maximum Gasteiger partial charge on any atom is 0.246 e. The molecule has 1 amide bonds. The average Bonchev–Trinajstić information content (AvgIpc) is 2.61. The Kier molecular flexibility index (Phi) is 5.56.